The Bertz CT molecular complexity index is 422. The first-order chi connectivity index (χ1) is 5.82. The van der Waals surface area contributed by atoms with Crippen LogP contribution in [0.2, 0.25) is 0 Å². The maximum Gasteiger partial charge on any atom is 0.242 e. The van der Waals surface area contributed by atoms with Crippen molar-refractivity contribution in [2.45, 2.75) is 4.90 Å². The summed E-state index contributed by atoms with van der Waals surface area (Å²) in [5.41, 5.74) is 0. The highest BCUT2D eigenvalue weighted by Crippen LogP contribution is 2.28. The molecule has 0 bridgehead atoms. The van der Waals surface area contributed by atoms with Gasteiger partial charge < -0.3 is 5.11 Å². The van der Waals surface area contributed by atoms with Gasteiger partial charge in [0.25, 0.3) is 0 Å². The van der Waals surface area contributed by atoms with Crippen molar-refractivity contribution in [2.24, 2.45) is 5.14 Å². The molecule has 0 aromatic heterocycles. The average molecular weight is 270 g/mol. The Morgan fingerprint density at radius 2 is 2.00 bits per heavy atom. The molecule has 0 atom stereocenters. The maximum atomic E-state index is 13.0. The number of rotatable bonds is 1. The number of phenols is 1. The van der Waals surface area contributed by atoms with Crippen LogP contribution in [0, 0.1) is 5.82 Å². The van der Waals surface area contributed by atoms with E-state index in [-0.39, 0.29) is 10.2 Å². The summed E-state index contributed by atoms with van der Waals surface area (Å²) in [5.74, 6) is -1.47. The fraction of sp³-hybridized carbons (Fsp3) is 0. The third kappa shape index (κ3) is 2.17. The summed E-state index contributed by atoms with van der Waals surface area (Å²) in [7, 11) is -4.11. The molecule has 0 aliphatic heterocycles. The predicted molar refractivity (Wildman–Crippen MR) is 47.1 cm³/mol. The zero-order valence-corrected chi connectivity index (χ0v) is 8.56. The first-order valence-electron chi connectivity index (χ1n) is 3.03. The van der Waals surface area contributed by atoms with E-state index >= 15 is 0 Å². The van der Waals surface area contributed by atoms with Crippen LogP contribution in [-0.2, 0) is 10.0 Å². The Kier molecular flexibility index (Phi) is 2.60. The summed E-state index contributed by atoms with van der Waals surface area (Å²) in [4.78, 5) is -0.662. The summed E-state index contributed by atoms with van der Waals surface area (Å²) < 4.78 is 34.5. The molecular formula is C6H5BrFNO3S. The van der Waals surface area contributed by atoms with E-state index in [0.717, 1.165) is 6.07 Å². The second-order valence-corrected chi connectivity index (χ2v) is 4.64. The van der Waals surface area contributed by atoms with Crippen LogP contribution in [0.3, 0.4) is 0 Å². The van der Waals surface area contributed by atoms with Gasteiger partial charge in [-0.3, -0.25) is 0 Å². The van der Waals surface area contributed by atoms with Gasteiger partial charge in [-0.25, -0.2) is 17.9 Å². The Hall–Kier alpha value is -0.660. The lowest BCUT2D eigenvalue weighted by Crippen LogP contribution is -2.14. The summed E-state index contributed by atoms with van der Waals surface area (Å²) >= 11 is 2.77. The van der Waals surface area contributed by atoms with Crippen LogP contribution in [0.5, 0.6) is 5.75 Å². The number of hydrogen-bond donors (Lipinski definition) is 2. The zero-order valence-electron chi connectivity index (χ0n) is 6.16. The third-order valence-corrected chi connectivity index (χ3v) is 3.14. The standard InChI is InChI=1S/C6H5BrFNO3S/c7-4-1-3(10)2-5(8)6(4)13(9,11)12/h1-2,10H,(H2,9,11,12). The van der Waals surface area contributed by atoms with Crippen molar-refractivity contribution in [3.05, 3.63) is 22.4 Å². The molecule has 0 saturated heterocycles. The summed E-state index contributed by atoms with van der Waals surface area (Å²) in [6.45, 7) is 0. The van der Waals surface area contributed by atoms with E-state index in [1.165, 1.54) is 0 Å². The van der Waals surface area contributed by atoms with Crippen LogP contribution in [0.15, 0.2) is 21.5 Å². The Labute approximate surface area is 82.4 Å². The molecule has 0 fully saturated rings. The predicted octanol–water partition coefficient (Wildman–Crippen LogP) is 0.941. The quantitative estimate of drug-likeness (QED) is 0.796. The topological polar surface area (TPSA) is 80.4 Å². The fourth-order valence-electron chi connectivity index (χ4n) is 0.818. The van der Waals surface area contributed by atoms with Crippen LogP contribution < -0.4 is 5.14 Å². The van der Waals surface area contributed by atoms with Gasteiger partial charge in [0.15, 0.2) is 0 Å². The monoisotopic (exact) mass is 269 g/mol. The van der Waals surface area contributed by atoms with Gasteiger partial charge in [-0.1, -0.05) is 0 Å². The Morgan fingerprint density at radius 1 is 1.46 bits per heavy atom. The summed E-state index contributed by atoms with van der Waals surface area (Å²) in [6, 6.07) is 1.72. The third-order valence-electron chi connectivity index (χ3n) is 1.27. The first-order valence-corrected chi connectivity index (χ1v) is 5.37. The molecule has 1 aromatic carbocycles. The van der Waals surface area contributed by atoms with Crippen LogP contribution in [0.25, 0.3) is 0 Å². The van der Waals surface area contributed by atoms with Gasteiger partial charge in [-0.05, 0) is 22.0 Å². The number of hydrogen-bond acceptors (Lipinski definition) is 3. The Morgan fingerprint density at radius 3 is 2.38 bits per heavy atom. The molecule has 0 unspecified atom stereocenters. The number of benzene rings is 1. The summed E-state index contributed by atoms with van der Waals surface area (Å²) in [6.07, 6.45) is 0. The van der Waals surface area contributed by atoms with Crippen molar-refractivity contribution in [1.29, 1.82) is 0 Å². The zero-order chi connectivity index (χ0) is 10.2. The minimum absolute atomic E-state index is 0.104. The van der Waals surface area contributed by atoms with Crippen LogP contribution in [-0.4, -0.2) is 13.5 Å². The van der Waals surface area contributed by atoms with Gasteiger partial charge in [0, 0.05) is 10.5 Å². The van der Waals surface area contributed by atoms with E-state index in [0.29, 0.717) is 6.07 Å². The van der Waals surface area contributed by atoms with Crippen molar-refractivity contribution in [3.63, 3.8) is 0 Å². The van der Waals surface area contributed by atoms with Gasteiger partial charge in [0.05, 0.1) is 0 Å². The molecule has 0 radical (unpaired) electrons. The van der Waals surface area contributed by atoms with Gasteiger partial charge in [0.1, 0.15) is 16.5 Å². The molecule has 4 nitrogen and oxygen atoms in total. The number of primary sulfonamides is 1. The number of phenolic OH excluding ortho intramolecular Hbond substituents is 1. The average Bonchev–Trinajstić information content (AvgIpc) is 1.78. The van der Waals surface area contributed by atoms with E-state index in [1.807, 2.05) is 0 Å². The van der Waals surface area contributed by atoms with Crippen LogP contribution >= 0.6 is 15.9 Å². The molecule has 0 aliphatic carbocycles. The second kappa shape index (κ2) is 3.24. The highest BCUT2D eigenvalue weighted by atomic mass is 79.9. The minimum Gasteiger partial charge on any atom is -0.508 e. The molecule has 0 heterocycles. The van der Waals surface area contributed by atoms with Crippen molar-refractivity contribution < 1.29 is 17.9 Å². The molecule has 0 amide bonds. The fourth-order valence-corrected chi connectivity index (χ4v) is 2.58. The molecule has 13 heavy (non-hydrogen) atoms. The molecule has 1 aromatic rings. The van der Waals surface area contributed by atoms with Crippen LogP contribution in [0.4, 0.5) is 4.39 Å². The maximum absolute atomic E-state index is 13.0. The molecule has 0 spiro atoms. The van der Waals surface area contributed by atoms with Crippen LogP contribution in [0.1, 0.15) is 0 Å². The smallest absolute Gasteiger partial charge is 0.242 e. The Balaban J connectivity index is 3.57. The van der Waals surface area contributed by atoms with E-state index in [2.05, 4.69) is 15.9 Å². The summed E-state index contributed by atoms with van der Waals surface area (Å²) in [5, 5.41) is 13.6. The molecular weight excluding hydrogens is 265 g/mol. The minimum atomic E-state index is -4.11. The molecule has 7 heteroatoms. The van der Waals surface area contributed by atoms with Gasteiger partial charge in [0.2, 0.25) is 10.0 Å². The number of nitrogens with two attached hydrogens (primary N) is 1. The normalized spacial score (nSPS) is 11.6. The van der Waals surface area contributed by atoms with Crippen molar-refractivity contribution >= 4 is 26.0 Å². The van der Waals surface area contributed by atoms with Crippen molar-refractivity contribution in [1.82, 2.24) is 0 Å². The van der Waals surface area contributed by atoms with Crippen molar-refractivity contribution in [3.8, 4) is 5.75 Å². The largest absolute Gasteiger partial charge is 0.508 e. The van der Waals surface area contributed by atoms with Gasteiger partial charge in [-0.2, -0.15) is 0 Å². The lowest BCUT2D eigenvalue weighted by atomic mass is 10.3. The highest BCUT2D eigenvalue weighted by molar-refractivity contribution is 9.10. The van der Waals surface area contributed by atoms with E-state index in [1.54, 1.807) is 0 Å². The number of halogens is 2. The molecule has 1 rings (SSSR count). The van der Waals surface area contributed by atoms with Crippen molar-refractivity contribution in [2.75, 3.05) is 0 Å². The van der Waals surface area contributed by atoms with Gasteiger partial charge in [-0.15, -0.1) is 0 Å². The van der Waals surface area contributed by atoms with E-state index in [9.17, 15) is 12.8 Å². The number of aromatic hydroxyl groups is 1. The van der Waals surface area contributed by atoms with E-state index in [4.69, 9.17) is 10.2 Å². The molecule has 0 aliphatic rings. The lowest BCUT2D eigenvalue weighted by molar-refractivity contribution is 0.465. The lowest BCUT2D eigenvalue weighted by Gasteiger charge is -2.03. The molecule has 72 valence electrons. The second-order valence-electron chi connectivity index (χ2n) is 2.28. The van der Waals surface area contributed by atoms with E-state index < -0.39 is 20.7 Å². The first kappa shape index (κ1) is 10.4. The highest BCUT2D eigenvalue weighted by Gasteiger charge is 2.19. The molecule has 3 N–H and O–H groups in total. The molecule has 0 saturated carbocycles. The number of sulfonamides is 1. The van der Waals surface area contributed by atoms with Gasteiger partial charge >= 0.3 is 0 Å². The SMILES string of the molecule is NS(=O)(=O)c1c(F)cc(O)cc1Br.